The molecule has 1 heterocycles. The molecular weight excluding hydrogens is 224 g/mol. The van der Waals surface area contributed by atoms with Crippen LogP contribution in [-0.2, 0) is 29.1 Å². The van der Waals surface area contributed by atoms with Crippen molar-refractivity contribution >= 4 is 9.84 Å². The molecule has 0 saturated carbocycles. The third-order valence-electron chi connectivity index (χ3n) is 3.24. The summed E-state index contributed by atoms with van der Waals surface area (Å²) in [6.07, 6.45) is 3.42. The normalized spacial score (nSPS) is 21.1. The number of allylic oxidation sites excluding steroid dienone is 1. The van der Waals surface area contributed by atoms with Gasteiger partial charge in [-0.2, -0.15) is 0 Å². The van der Waals surface area contributed by atoms with Crippen LogP contribution in [0.4, 0.5) is 0 Å². The molecule has 0 spiro atoms. The molecule has 1 aliphatic heterocycles. The molecule has 16 heavy (non-hydrogen) atoms. The lowest BCUT2D eigenvalue weighted by molar-refractivity contribution is 0.397. The van der Waals surface area contributed by atoms with E-state index in [0.717, 1.165) is 35.8 Å². The van der Waals surface area contributed by atoms with Crippen molar-refractivity contribution in [2.75, 3.05) is 0 Å². The SMILES string of the molecule is O=S1(=O)C=C(O)Cc2cc3c(cc21)CCC3. The maximum Gasteiger partial charge on any atom is 0.203 e. The molecule has 1 N–H and O–H groups in total. The molecule has 1 aromatic rings. The molecule has 3 nitrogen and oxygen atoms in total. The fourth-order valence-corrected chi connectivity index (χ4v) is 3.91. The van der Waals surface area contributed by atoms with Gasteiger partial charge in [0, 0.05) is 6.42 Å². The number of aliphatic hydroxyl groups excluding tert-OH is 1. The van der Waals surface area contributed by atoms with E-state index in [1.54, 1.807) is 6.07 Å². The first kappa shape index (κ1) is 9.90. The highest BCUT2D eigenvalue weighted by Gasteiger charge is 2.26. The molecule has 0 atom stereocenters. The smallest absolute Gasteiger partial charge is 0.203 e. The summed E-state index contributed by atoms with van der Waals surface area (Å²) in [5.41, 5.74) is 3.13. The molecule has 0 radical (unpaired) electrons. The minimum absolute atomic E-state index is 0.0644. The molecule has 3 rings (SSSR count). The van der Waals surface area contributed by atoms with Gasteiger partial charge in [-0.05, 0) is 42.0 Å². The van der Waals surface area contributed by atoms with Gasteiger partial charge in [0.25, 0.3) is 0 Å². The molecule has 1 aromatic carbocycles. The zero-order valence-corrected chi connectivity index (χ0v) is 9.55. The summed E-state index contributed by atoms with van der Waals surface area (Å²) in [5.74, 6) is -0.0644. The number of hydrogen-bond acceptors (Lipinski definition) is 3. The fraction of sp³-hybridized carbons (Fsp3) is 0.333. The molecule has 0 aromatic heterocycles. The third-order valence-corrected chi connectivity index (χ3v) is 4.82. The number of aliphatic hydroxyl groups is 1. The van der Waals surface area contributed by atoms with Crippen LogP contribution in [0.5, 0.6) is 0 Å². The Morgan fingerprint density at radius 2 is 1.75 bits per heavy atom. The van der Waals surface area contributed by atoms with Gasteiger partial charge in [-0.15, -0.1) is 0 Å². The molecule has 0 fully saturated rings. The number of benzene rings is 1. The van der Waals surface area contributed by atoms with E-state index in [0.29, 0.717) is 11.3 Å². The quantitative estimate of drug-likeness (QED) is 0.748. The van der Waals surface area contributed by atoms with Crippen LogP contribution in [0.25, 0.3) is 0 Å². The maximum absolute atomic E-state index is 11.8. The Kier molecular flexibility index (Phi) is 1.92. The maximum atomic E-state index is 11.8. The van der Waals surface area contributed by atoms with Crippen molar-refractivity contribution in [2.45, 2.75) is 30.6 Å². The van der Waals surface area contributed by atoms with Gasteiger partial charge in [0.1, 0.15) is 5.76 Å². The predicted octanol–water partition coefficient (Wildman–Crippen LogP) is 1.90. The van der Waals surface area contributed by atoms with Gasteiger partial charge in [0.15, 0.2) is 0 Å². The summed E-state index contributed by atoms with van der Waals surface area (Å²) in [6, 6.07) is 3.73. The molecule has 0 unspecified atom stereocenters. The molecule has 4 heteroatoms. The van der Waals surface area contributed by atoms with Crippen LogP contribution < -0.4 is 0 Å². The Bertz CT molecular complexity index is 597. The lowest BCUT2D eigenvalue weighted by Crippen LogP contribution is -2.11. The number of hydrogen-bond donors (Lipinski definition) is 1. The number of aryl methyl sites for hydroxylation is 2. The van der Waals surface area contributed by atoms with Crippen LogP contribution in [0.2, 0.25) is 0 Å². The van der Waals surface area contributed by atoms with Crippen LogP contribution >= 0.6 is 0 Å². The van der Waals surface area contributed by atoms with E-state index >= 15 is 0 Å². The highest BCUT2D eigenvalue weighted by atomic mass is 32.2. The van der Waals surface area contributed by atoms with Gasteiger partial charge < -0.3 is 5.11 Å². The Morgan fingerprint density at radius 1 is 1.06 bits per heavy atom. The van der Waals surface area contributed by atoms with Crippen LogP contribution in [-0.4, -0.2) is 13.5 Å². The zero-order valence-electron chi connectivity index (χ0n) is 8.73. The Hall–Kier alpha value is -1.29. The van der Waals surface area contributed by atoms with E-state index in [9.17, 15) is 13.5 Å². The van der Waals surface area contributed by atoms with E-state index in [-0.39, 0.29) is 5.76 Å². The first-order chi connectivity index (χ1) is 7.56. The van der Waals surface area contributed by atoms with Crippen molar-refractivity contribution in [3.8, 4) is 0 Å². The zero-order chi connectivity index (χ0) is 11.3. The minimum Gasteiger partial charge on any atom is -0.511 e. The topological polar surface area (TPSA) is 54.4 Å². The first-order valence-corrected chi connectivity index (χ1v) is 6.90. The third kappa shape index (κ3) is 1.37. The summed E-state index contributed by atoms with van der Waals surface area (Å²) < 4.78 is 23.7. The summed E-state index contributed by atoms with van der Waals surface area (Å²) in [4.78, 5) is 0.381. The van der Waals surface area contributed by atoms with Crippen LogP contribution in [0, 0.1) is 0 Å². The van der Waals surface area contributed by atoms with Gasteiger partial charge in [0.2, 0.25) is 9.84 Å². The highest BCUT2D eigenvalue weighted by molar-refractivity contribution is 7.94. The van der Waals surface area contributed by atoms with E-state index in [1.807, 2.05) is 6.07 Å². The van der Waals surface area contributed by atoms with Gasteiger partial charge in [-0.25, -0.2) is 8.42 Å². The monoisotopic (exact) mass is 236 g/mol. The lowest BCUT2D eigenvalue weighted by atomic mass is 10.0. The summed E-state index contributed by atoms with van der Waals surface area (Å²) in [5, 5.41) is 10.4. The van der Waals surface area contributed by atoms with Gasteiger partial charge in [0.05, 0.1) is 10.3 Å². The summed E-state index contributed by atoms with van der Waals surface area (Å²) >= 11 is 0. The van der Waals surface area contributed by atoms with E-state index in [1.165, 1.54) is 5.56 Å². The van der Waals surface area contributed by atoms with Gasteiger partial charge in [-0.1, -0.05) is 6.07 Å². The molecule has 0 bridgehead atoms. The summed E-state index contributed by atoms with van der Waals surface area (Å²) in [7, 11) is -3.42. The lowest BCUT2D eigenvalue weighted by Gasteiger charge is -2.15. The van der Waals surface area contributed by atoms with Crippen LogP contribution in [0.1, 0.15) is 23.1 Å². The van der Waals surface area contributed by atoms with E-state index in [2.05, 4.69) is 0 Å². The van der Waals surface area contributed by atoms with Crippen molar-refractivity contribution in [1.29, 1.82) is 0 Å². The Morgan fingerprint density at radius 3 is 2.50 bits per heavy atom. The van der Waals surface area contributed by atoms with Crippen molar-refractivity contribution in [3.05, 3.63) is 40.0 Å². The molecule has 0 saturated heterocycles. The van der Waals surface area contributed by atoms with Crippen molar-refractivity contribution in [1.82, 2.24) is 0 Å². The van der Waals surface area contributed by atoms with Crippen LogP contribution in [0.3, 0.4) is 0 Å². The minimum atomic E-state index is -3.42. The summed E-state index contributed by atoms with van der Waals surface area (Å²) in [6.45, 7) is 0. The average molecular weight is 236 g/mol. The number of rotatable bonds is 0. The van der Waals surface area contributed by atoms with E-state index < -0.39 is 9.84 Å². The number of sulfone groups is 1. The van der Waals surface area contributed by atoms with Crippen molar-refractivity contribution in [3.63, 3.8) is 0 Å². The Balaban J connectivity index is 2.27. The standard InChI is InChI=1S/C12H12O3S/c13-11-5-10-4-8-2-1-3-9(8)6-12(10)16(14,15)7-11/h4,6-7,13H,1-3,5H2. The second-order valence-corrected chi connectivity index (χ2v) is 6.18. The second kappa shape index (κ2) is 3.10. The molecular formula is C12H12O3S. The van der Waals surface area contributed by atoms with Gasteiger partial charge in [-0.3, -0.25) is 0 Å². The van der Waals surface area contributed by atoms with Crippen LogP contribution in [0.15, 0.2) is 28.2 Å². The highest BCUT2D eigenvalue weighted by Crippen LogP contribution is 2.32. The fourth-order valence-electron chi connectivity index (χ4n) is 2.53. The predicted molar refractivity (Wildman–Crippen MR) is 60.1 cm³/mol. The molecule has 1 aliphatic carbocycles. The van der Waals surface area contributed by atoms with Crippen molar-refractivity contribution in [2.24, 2.45) is 0 Å². The largest absolute Gasteiger partial charge is 0.511 e. The van der Waals surface area contributed by atoms with Gasteiger partial charge >= 0.3 is 0 Å². The molecule has 0 amide bonds. The Labute approximate surface area is 94.3 Å². The second-order valence-electron chi connectivity index (χ2n) is 4.41. The molecule has 84 valence electrons. The average Bonchev–Trinajstić information content (AvgIpc) is 2.60. The first-order valence-electron chi connectivity index (χ1n) is 5.35. The number of fused-ring (bicyclic) bond motifs is 2. The van der Waals surface area contributed by atoms with E-state index in [4.69, 9.17) is 0 Å². The molecule has 2 aliphatic rings. The van der Waals surface area contributed by atoms with Crippen molar-refractivity contribution < 1.29 is 13.5 Å².